The van der Waals surface area contributed by atoms with E-state index in [4.69, 9.17) is 9.15 Å². The molecule has 4 rings (SSSR count). The highest BCUT2D eigenvalue weighted by atomic mass is 16.5. The van der Waals surface area contributed by atoms with Crippen molar-refractivity contribution in [2.75, 3.05) is 12.4 Å². The summed E-state index contributed by atoms with van der Waals surface area (Å²) in [5, 5.41) is 3.94. The lowest BCUT2D eigenvalue weighted by Crippen LogP contribution is -2.10. The highest BCUT2D eigenvalue weighted by Gasteiger charge is 2.20. The Morgan fingerprint density at radius 1 is 1.25 bits per heavy atom. The summed E-state index contributed by atoms with van der Waals surface area (Å²) in [5.41, 5.74) is 4.74. The van der Waals surface area contributed by atoms with Gasteiger partial charge in [-0.3, -0.25) is 4.79 Å². The van der Waals surface area contributed by atoms with E-state index in [0.717, 1.165) is 46.4 Å². The number of allylic oxidation sites excluding steroid dienone is 1. The third kappa shape index (κ3) is 3.52. The van der Waals surface area contributed by atoms with Crippen molar-refractivity contribution in [3.05, 3.63) is 59.0 Å². The van der Waals surface area contributed by atoms with Gasteiger partial charge in [0.05, 0.1) is 7.11 Å². The van der Waals surface area contributed by atoms with Crippen LogP contribution in [0.15, 0.2) is 40.8 Å². The van der Waals surface area contributed by atoms with E-state index in [0.29, 0.717) is 11.6 Å². The normalized spacial score (nSPS) is 14.0. The highest BCUT2D eigenvalue weighted by molar-refractivity contribution is 6.04. The lowest BCUT2D eigenvalue weighted by atomic mass is 9.94. The van der Waals surface area contributed by atoms with E-state index in [1.54, 1.807) is 19.3 Å². The molecule has 0 radical (unpaired) electrons. The van der Waals surface area contributed by atoms with E-state index in [2.05, 4.69) is 16.4 Å². The molecule has 0 saturated heterocycles. The fourth-order valence-electron chi connectivity index (χ4n) is 3.82. The molecule has 1 aliphatic rings. The number of nitrogens with zero attached hydrogens (tertiary/aromatic N) is 1. The van der Waals surface area contributed by atoms with E-state index in [1.807, 2.05) is 32.0 Å². The van der Waals surface area contributed by atoms with Crippen LogP contribution in [0.3, 0.4) is 0 Å². The number of carbonyl (C=O) groups excluding carboxylic acids is 1. The average molecular weight is 376 g/mol. The quantitative estimate of drug-likeness (QED) is 0.646. The van der Waals surface area contributed by atoms with Crippen LogP contribution in [0.25, 0.3) is 16.5 Å². The van der Waals surface area contributed by atoms with Gasteiger partial charge in [-0.05, 0) is 56.9 Å². The number of nitrogens with one attached hydrogen (secondary N) is 1. The van der Waals surface area contributed by atoms with Gasteiger partial charge in [-0.25, -0.2) is 4.98 Å². The van der Waals surface area contributed by atoms with Crippen LogP contribution in [0.4, 0.5) is 5.82 Å². The average Bonchev–Trinajstić information content (AvgIpc) is 3.04. The van der Waals surface area contributed by atoms with Crippen LogP contribution in [0.5, 0.6) is 5.75 Å². The number of amides is 1. The van der Waals surface area contributed by atoms with Crippen molar-refractivity contribution in [1.29, 1.82) is 0 Å². The first-order valence-corrected chi connectivity index (χ1v) is 9.61. The Kier molecular flexibility index (Phi) is 4.90. The topological polar surface area (TPSA) is 64.4 Å². The molecule has 0 unspecified atom stereocenters. The minimum Gasteiger partial charge on any atom is -0.496 e. The molecule has 144 valence electrons. The maximum Gasteiger partial charge on any atom is 0.249 e. The van der Waals surface area contributed by atoms with Crippen LogP contribution >= 0.6 is 0 Å². The zero-order chi connectivity index (χ0) is 19.7. The standard InChI is InChI=1S/C23H24N2O3/c1-14(11-23(26)25-22-10-6-7-15(2)24-22)17-12-18-16-8-4-5-9-19(16)28-21(18)13-20(17)27-3/h6-7,10-13H,4-5,8-9H2,1-3H3,(H,24,25,26)/b14-11+. The van der Waals surface area contributed by atoms with Crippen LogP contribution < -0.4 is 10.1 Å². The number of aromatic nitrogens is 1. The summed E-state index contributed by atoms with van der Waals surface area (Å²) in [6, 6.07) is 9.56. The van der Waals surface area contributed by atoms with Crippen LogP contribution in [-0.2, 0) is 17.6 Å². The van der Waals surface area contributed by atoms with E-state index in [9.17, 15) is 4.79 Å². The fraction of sp³-hybridized carbons (Fsp3) is 0.304. The van der Waals surface area contributed by atoms with Crippen molar-refractivity contribution in [3.63, 3.8) is 0 Å². The van der Waals surface area contributed by atoms with Crippen molar-refractivity contribution in [2.45, 2.75) is 39.5 Å². The molecule has 0 spiro atoms. The molecular formula is C23H24N2O3. The summed E-state index contributed by atoms with van der Waals surface area (Å²) in [4.78, 5) is 16.8. The first-order valence-electron chi connectivity index (χ1n) is 9.61. The number of furan rings is 1. The predicted octanol–water partition coefficient (Wildman–Crippen LogP) is 5.07. The molecular weight excluding hydrogens is 352 g/mol. The van der Waals surface area contributed by atoms with Crippen molar-refractivity contribution in [1.82, 2.24) is 4.98 Å². The first kappa shape index (κ1) is 18.3. The summed E-state index contributed by atoms with van der Waals surface area (Å²) in [6.45, 7) is 3.81. The number of methoxy groups -OCH3 is 1. The van der Waals surface area contributed by atoms with Crippen molar-refractivity contribution >= 4 is 28.3 Å². The van der Waals surface area contributed by atoms with Gasteiger partial charge in [0.1, 0.15) is 22.9 Å². The van der Waals surface area contributed by atoms with Gasteiger partial charge in [-0.2, -0.15) is 0 Å². The summed E-state index contributed by atoms with van der Waals surface area (Å²) in [6.07, 6.45) is 5.96. The summed E-state index contributed by atoms with van der Waals surface area (Å²) >= 11 is 0. The van der Waals surface area contributed by atoms with Crippen LogP contribution in [-0.4, -0.2) is 18.0 Å². The van der Waals surface area contributed by atoms with Crippen LogP contribution in [0.2, 0.25) is 0 Å². The molecule has 5 nitrogen and oxygen atoms in total. The second kappa shape index (κ2) is 7.50. The van der Waals surface area contributed by atoms with Gasteiger partial charge < -0.3 is 14.5 Å². The number of aryl methyl sites for hydroxylation is 3. The lowest BCUT2D eigenvalue weighted by molar-refractivity contribution is -0.111. The van der Waals surface area contributed by atoms with Gasteiger partial charge in [0.25, 0.3) is 0 Å². The molecule has 5 heteroatoms. The predicted molar refractivity (Wildman–Crippen MR) is 111 cm³/mol. The van der Waals surface area contributed by atoms with E-state index < -0.39 is 0 Å². The number of fused-ring (bicyclic) bond motifs is 3. The number of hydrogen-bond acceptors (Lipinski definition) is 4. The van der Waals surface area contributed by atoms with Gasteiger partial charge in [-0.1, -0.05) is 6.07 Å². The van der Waals surface area contributed by atoms with Crippen molar-refractivity contribution < 1.29 is 13.9 Å². The molecule has 0 atom stereocenters. The Morgan fingerprint density at radius 2 is 2.07 bits per heavy atom. The molecule has 0 fully saturated rings. The molecule has 2 aromatic heterocycles. The number of carbonyl (C=O) groups is 1. The molecule has 0 bridgehead atoms. The SMILES string of the molecule is COc1cc2oc3c(c2cc1/C(C)=C/C(=O)Nc1cccc(C)n1)CCCC3. The van der Waals surface area contributed by atoms with Crippen LogP contribution in [0.1, 0.15) is 42.3 Å². The smallest absolute Gasteiger partial charge is 0.249 e. The second-order valence-electron chi connectivity index (χ2n) is 7.24. The molecule has 1 amide bonds. The Balaban J connectivity index is 1.68. The molecule has 2 heterocycles. The van der Waals surface area contributed by atoms with E-state index in [1.165, 1.54) is 18.4 Å². The number of pyridine rings is 1. The Labute approximate surface area is 164 Å². The van der Waals surface area contributed by atoms with Crippen molar-refractivity contribution in [3.8, 4) is 5.75 Å². The van der Waals surface area contributed by atoms with Gasteiger partial charge in [0.2, 0.25) is 5.91 Å². The number of benzene rings is 1. The minimum atomic E-state index is -0.216. The lowest BCUT2D eigenvalue weighted by Gasteiger charge is -2.11. The van der Waals surface area contributed by atoms with Gasteiger partial charge in [0, 0.05) is 40.8 Å². The Hall–Kier alpha value is -3.08. The number of anilines is 1. The monoisotopic (exact) mass is 376 g/mol. The third-order valence-electron chi connectivity index (χ3n) is 5.19. The maximum absolute atomic E-state index is 12.5. The number of rotatable bonds is 4. The van der Waals surface area contributed by atoms with Gasteiger partial charge >= 0.3 is 0 Å². The molecule has 0 aliphatic heterocycles. The molecule has 1 aliphatic carbocycles. The Bertz CT molecular complexity index is 1080. The number of ether oxygens (including phenoxy) is 1. The molecule has 1 aromatic carbocycles. The maximum atomic E-state index is 12.5. The first-order chi connectivity index (χ1) is 13.5. The summed E-state index contributed by atoms with van der Waals surface area (Å²) < 4.78 is 11.6. The largest absolute Gasteiger partial charge is 0.496 e. The second-order valence-corrected chi connectivity index (χ2v) is 7.24. The van der Waals surface area contributed by atoms with E-state index in [-0.39, 0.29) is 5.91 Å². The molecule has 1 N–H and O–H groups in total. The van der Waals surface area contributed by atoms with E-state index >= 15 is 0 Å². The molecule has 28 heavy (non-hydrogen) atoms. The highest BCUT2D eigenvalue weighted by Crippen LogP contribution is 2.37. The zero-order valence-electron chi connectivity index (χ0n) is 16.5. The fourth-order valence-corrected chi connectivity index (χ4v) is 3.82. The molecule has 0 saturated carbocycles. The molecule has 3 aromatic rings. The zero-order valence-corrected chi connectivity index (χ0v) is 16.5. The van der Waals surface area contributed by atoms with Gasteiger partial charge in [-0.15, -0.1) is 0 Å². The summed E-state index contributed by atoms with van der Waals surface area (Å²) in [5.74, 6) is 2.12. The number of hydrogen-bond donors (Lipinski definition) is 1. The van der Waals surface area contributed by atoms with Crippen molar-refractivity contribution in [2.24, 2.45) is 0 Å². The van der Waals surface area contributed by atoms with Crippen LogP contribution in [0, 0.1) is 6.92 Å². The minimum absolute atomic E-state index is 0.216. The van der Waals surface area contributed by atoms with Gasteiger partial charge in [0.15, 0.2) is 0 Å². The third-order valence-corrected chi connectivity index (χ3v) is 5.19. The Morgan fingerprint density at radius 3 is 2.86 bits per heavy atom. The summed E-state index contributed by atoms with van der Waals surface area (Å²) in [7, 11) is 1.64.